The molecule has 3 rings (SSSR count). The van der Waals surface area contributed by atoms with Crippen LogP contribution in [0.5, 0.6) is 5.75 Å². The lowest BCUT2D eigenvalue weighted by molar-refractivity contribution is 0.0699. The lowest BCUT2D eigenvalue weighted by Gasteiger charge is -2.09. The van der Waals surface area contributed by atoms with E-state index < -0.39 is 5.97 Å². The van der Waals surface area contributed by atoms with E-state index in [2.05, 4.69) is 0 Å². The summed E-state index contributed by atoms with van der Waals surface area (Å²) in [5.74, 6) is -0.269. The van der Waals surface area contributed by atoms with Crippen LogP contribution in [-0.4, -0.2) is 18.2 Å². The molecule has 0 aliphatic carbocycles. The predicted octanol–water partition coefficient (Wildman–Crippen LogP) is 3.70. The first-order valence-corrected chi connectivity index (χ1v) is 5.93. The first kappa shape index (κ1) is 11.5. The highest BCUT2D eigenvalue weighted by molar-refractivity contribution is 6.15. The van der Waals surface area contributed by atoms with Gasteiger partial charge in [0.05, 0.1) is 12.7 Å². The van der Waals surface area contributed by atoms with E-state index in [1.165, 1.54) is 0 Å². The van der Waals surface area contributed by atoms with Gasteiger partial charge in [0.1, 0.15) is 5.75 Å². The van der Waals surface area contributed by atoms with E-state index in [-0.39, 0.29) is 0 Å². The lowest BCUT2D eigenvalue weighted by Crippen LogP contribution is -1.98. The molecule has 0 amide bonds. The number of fused-ring (bicyclic) bond motifs is 3. The van der Waals surface area contributed by atoms with Crippen molar-refractivity contribution < 1.29 is 14.6 Å². The van der Waals surface area contributed by atoms with Crippen LogP contribution in [-0.2, 0) is 0 Å². The molecular weight excluding hydrogens is 240 g/mol. The molecule has 0 saturated carbocycles. The third-order valence-electron chi connectivity index (χ3n) is 3.30. The van der Waals surface area contributed by atoms with E-state index in [1.807, 2.05) is 36.4 Å². The average Bonchev–Trinajstić information content (AvgIpc) is 2.45. The summed E-state index contributed by atoms with van der Waals surface area (Å²) in [7, 11) is 1.57. The Hall–Kier alpha value is -2.55. The van der Waals surface area contributed by atoms with Gasteiger partial charge in [0.2, 0.25) is 0 Å². The third kappa shape index (κ3) is 1.80. The molecule has 0 spiro atoms. The van der Waals surface area contributed by atoms with Gasteiger partial charge >= 0.3 is 5.97 Å². The fourth-order valence-electron chi connectivity index (χ4n) is 2.39. The maximum atomic E-state index is 11.4. The lowest BCUT2D eigenvalue weighted by atomic mass is 9.97. The van der Waals surface area contributed by atoms with Crippen LogP contribution in [0.1, 0.15) is 10.4 Å². The highest BCUT2D eigenvalue weighted by atomic mass is 16.5. The minimum atomic E-state index is -0.927. The second-order valence-electron chi connectivity index (χ2n) is 4.36. The summed E-state index contributed by atoms with van der Waals surface area (Å²) >= 11 is 0. The van der Waals surface area contributed by atoms with Crippen LogP contribution >= 0.6 is 0 Å². The SMILES string of the molecule is COc1ccc2c(c1)c(C(=O)O)cc1ccccc12. The van der Waals surface area contributed by atoms with E-state index in [4.69, 9.17) is 4.74 Å². The van der Waals surface area contributed by atoms with Crippen molar-refractivity contribution in [3.8, 4) is 5.75 Å². The summed E-state index contributed by atoms with van der Waals surface area (Å²) < 4.78 is 5.18. The van der Waals surface area contributed by atoms with Crippen LogP contribution in [0.25, 0.3) is 21.5 Å². The molecule has 1 N–H and O–H groups in total. The summed E-state index contributed by atoms with van der Waals surface area (Å²) in [6.45, 7) is 0. The Morgan fingerprint density at radius 3 is 2.53 bits per heavy atom. The highest BCUT2D eigenvalue weighted by Crippen LogP contribution is 2.31. The minimum absolute atomic E-state index is 0.299. The molecule has 0 aromatic heterocycles. The number of carboxylic acid groups (broad SMARTS) is 1. The molecule has 3 nitrogen and oxygen atoms in total. The molecular formula is C16H12O3. The van der Waals surface area contributed by atoms with Crippen molar-refractivity contribution in [1.82, 2.24) is 0 Å². The van der Waals surface area contributed by atoms with E-state index in [9.17, 15) is 9.90 Å². The van der Waals surface area contributed by atoms with Gasteiger partial charge in [0.25, 0.3) is 0 Å². The third-order valence-corrected chi connectivity index (χ3v) is 3.30. The number of hydrogen-bond acceptors (Lipinski definition) is 2. The van der Waals surface area contributed by atoms with Crippen molar-refractivity contribution in [2.24, 2.45) is 0 Å². The molecule has 19 heavy (non-hydrogen) atoms. The zero-order valence-electron chi connectivity index (χ0n) is 10.4. The molecule has 0 aliphatic rings. The van der Waals surface area contributed by atoms with Gasteiger partial charge in [0.15, 0.2) is 0 Å². The van der Waals surface area contributed by atoms with Gasteiger partial charge in [-0.05, 0) is 34.4 Å². The highest BCUT2D eigenvalue weighted by Gasteiger charge is 2.12. The van der Waals surface area contributed by atoms with Crippen LogP contribution in [0.4, 0.5) is 0 Å². The standard InChI is InChI=1S/C16H12O3/c1-19-11-6-7-13-12-5-3-2-4-10(12)8-15(16(17)18)14(13)9-11/h2-9H,1H3,(H,17,18). The monoisotopic (exact) mass is 252 g/mol. The number of carbonyl (C=O) groups is 1. The minimum Gasteiger partial charge on any atom is -0.497 e. The Bertz CT molecular complexity index is 790. The van der Waals surface area contributed by atoms with Crippen molar-refractivity contribution in [2.45, 2.75) is 0 Å². The Balaban J connectivity index is 2.51. The normalized spacial score (nSPS) is 10.8. The van der Waals surface area contributed by atoms with Crippen LogP contribution in [0.15, 0.2) is 48.5 Å². The number of hydrogen-bond donors (Lipinski definition) is 1. The number of carboxylic acids is 1. The van der Waals surface area contributed by atoms with Crippen molar-refractivity contribution in [2.75, 3.05) is 7.11 Å². The maximum Gasteiger partial charge on any atom is 0.336 e. The van der Waals surface area contributed by atoms with Gasteiger partial charge in [-0.25, -0.2) is 4.79 Å². The smallest absolute Gasteiger partial charge is 0.336 e. The van der Waals surface area contributed by atoms with Gasteiger partial charge in [-0.15, -0.1) is 0 Å². The fourth-order valence-corrected chi connectivity index (χ4v) is 2.39. The van der Waals surface area contributed by atoms with Crippen molar-refractivity contribution in [1.29, 1.82) is 0 Å². The Morgan fingerprint density at radius 2 is 1.79 bits per heavy atom. The zero-order valence-corrected chi connectivity index (χ0v) is 10.4. The van der Waals surface area contributed by atoms with E-state index in [1.54, 1.807) is 19.2 Å². The quantitative estimate of drug-likeness (QED) is 0.707. The first-order chi connectivity index (χ1) is 9.20. The van der Waals surface area contributed by atoms with Crippen molar-refractivity contribution >= 4 is 27.5 Å². The van der Waals surface area contributed by atoms with Crippen LogP contribution < -0.4 is 4.74 Å². The second kappa shape index (κ2) is 4.28. The van der Waals surface area contributed by atoms with Crippen LogP contribution in [0.3, 0.4) is 0 Å². The molecule has 0 unspecified atom stereocenters. The molecule has 0 bridgehead atoms. The molecule has 3 heteroatoms. The summed E-state index contributed by atoms with van der Waals surface area (Å²) in [6.07, 6.45) is 0. The maximum absolute atomic E-state index is 11.4. The fraction of sp³-hybridized carbons (Fsp3) is 0.0625. The number of benzene rings is 3. The van der Waals surface area contributed by atoms with Gasteiger partial charge in [-0.1, -0.05) is 30.3 Å². The number of ether oxygens (including phenoxy) is 1. The summed E-state index contributed by atoms with van der Waals surface area (Å²) in [4.78, 5) is 11.4. The molecule has 3 aromatic rings. The van der Waals surface area contributed by atoms with E-state index >= 15 is 0 Å². The van der Waals surface area contributed by atoms with Crippen LogP contribution in [0.2, 0.25) is 0 Å². The van der Waals surface area contributed by atoms with Gasteiger partial charge in [-0.3, -0.25) is 0 Å². The molecule has 0 heterocycles. The van der Waals surface area contributed by atoms with E-state index in [0.717, 1.165) is 16.2 Å². The van der Waals surface area contributed by atoms with Crippen molar-refractivity contribution in [3.05, 3.63) is 54.1 Å². The van der Waals surface area contributed by atoms with E-state index in [0.29, 0.717) is 16.7 Å². The summed E-state index contributed by atoms with van der Waals surface area (Å²) in [6, 6.07) is 15.0. The molecule has 0 fully saturated rings. The molecule has 0 aliphatic heterocycles. The predicted molar refractivity (Wildman–Crippen MR) is 75.0 cm³/mol. The molecule has 0 atom stereocenters. The molecule has 3 aromatic carbocycles. The van der Waals surface area contributed by atoms with Gasteiger partial charge in [-0.2, -0.15) is 0 Å². The van der Waals surface area contributed by atoms with Crippen LogP contribution in [0, 0.1) is 0 Å². The second-order valence-corrected chi connectivity index (χ2v) is 4.36. The number of methoxy groups -OCH3 is 1. The average molecular weight is 252 g/mol. The number of aromatic carboxylic acids is 1. The molecule has 0 saturated heterocycles. The largest absolute Gasteiger partial charge is 0.497 e. The Labute approximate surface area is 110 Å². The molecule has 0 radical (unpaired) electrons. The van der Waals surface area contributed by atoms with Gasteiger partial charge in [0, 0.05) is 5.39 Å². The molecule has 94 valence electrons. The van der Waals surface area contributed by atoms with Crippen molar-refractivity contribution in [3.63, 3.8) is 0 Å². The zero-order chi connectivity index (χ0) is 13.4. The topological polar surface area (TPSA) is 46.5 Å². The number of rotatable bonds is 2. The Morgan fingerprint density at radius 1 is 1.00 bits per heavy atom. The first-order valence-electron chi connectivity index (χ1n) is 5.93. The van der Waals surface area contributed by atoms with Gasteiger partial charge < -0.3 is 9.84 Å². The Kier molecular flexibility index (Phi) is 2.60. The summed E-state index contributed by atoms with van der Waals surface area (Å²) in [5, 5.41) is 13.0. The summed E-state index contributed by atoms with van der Waals surface area (Å²) in [5.41, 5.74) is 0.299.